The molecule has 17 heavy (non-hydrogen) atoms. The predicted octanol–water partition coefficient (Wildman–Crippen LogP) is 0.769. The molecule has 3 heteroatoms. The molecular formula is C14H25N3. The predicted molar refractivity (Wildman–Crippen MR) is 72.0 cm³/mol. The van der Waals surface area contributed by atoms with E-state index in [1.807, 2.05) is 0 Å². The highest BCUT2D eigenvalue weighted by Crippen LogP contribution is 2.24. The number of piperazine rings is 1. The quantitative estimate of drug-likeness (QED) is 0.561. The lowest BCUT2D eigenvalue weighted by molar-refractivity contribution is 0.0986. The molecule has 96 valence electrons. The van der Waals surface area contributed by atoms with Gasteiger partial charge in [-0.3, -0.25) is 9.80 Å². The molecule has 1 N–H and O–H groups in total. The highest BCUT2D eigenvalue weighted by molar-refractivity contribution is 4.87. The summed E-state index contributed by atoms with van der Waals surface area (Å²) in [6.07, 6.45) is 11.0. The summed E-state index contributed by atoms with van der Waals surface area (Å²) in [5.74, 6) is 2.61. The van der Waals surface area contributed by atoms with E-state index in [1.165, 1.54) is 51.9 Å². The second-order valence-corrected chi connectivity index (χ2v) is 5.20. The molecule has 0 unspecified atom stereocenters. The number of hydrogen-bond donors (Lipinski definition) is 1. The SMILES string of the molecule is C#CCNCCN1CCN(C2CCCC2)CC1. The largest absolute Gasteiger partial charge is 0.305 e. The first-order chi connectivity index (χ1) is 8.40. The summed E-state index contributed by atoms with van der Waals surface area (Å²) < 4.78 is 0. The van der Waals surface area contributed by atoms with Crippen molar-refractivity contribution in [1.82, 2.24) is 15.1 Å². The molecule has 2 fully saturated rings. The Labute approximate surface area is 106 Å². The van der Waals surface area contributed by atoms with Crippen LogP contribution in [0.4, 0.5) is 0 Å². The van der Waals surface area contributed by atoms with Crippen molar-refractivity contribution in [3.63, 3.8) is 0 Å². The van der Waals surface area contributed by atoms with E-state index >= 15 is 0 Å². The monoisotopic (exact) mass is 235 g/mol. The number of terminal acetylenes is 1. The van der Waals surface area contributed by atoms with Gasteiger partial charge in [0.2, 0.25) is 0 Å². The second kappa shape index (κ2) is 7.00. The minimum atomic E-state index is 0.696. The standard InChI is InChI=1S/C14H25N3/c1-2-7-15-8-9-16-10-12-17(13-11-16)14-5-3-4-6-14/h1,14-15H,3-13H2. The van der Waals surface area contributed by atoms with E-state index < -0.39 is 0 Å². The molecule has 0 atom stereocenters. The Morgan fingerprint density at radius 1 is 1.12 bits per heavy atom. The van der Waals surface area contributed by atoms with Crippen molar-refractivity contribution in [2.75, 3.05) is 45.8 Å². The Balaban J connectivity index is 1.59. The van der Waals surface area contributed by atoms with E-state index in [-0.39, 0.29) is 0 Å². The van der Waals surface area contributed by atoms with E-state index in [4.69, 9.17) is 6.42 Å². The number of hydrogen-bond acceptors (Lipinski definition) is 3. The van der Waals surface area contributed by atoms with Crippen molar-refractivity contribution >= 4 is 0 Å². The van der Waals surface area contributed by atoms with Gasteiger partial charge in [0.1, 0.15) is 0 Å². The molecule has 1 aliphatic heterocycles. The van der Waals surface area contributed by atoms with Crippen LogP contribution in [0.1, 0.15) is 25.7 Å². The average Bonchev–Trinajstić information content (AvgIpc) is 2.89. The van der Waals surface area contributed by atoms with Gasteiger partial charge in [0.15, 0.2) is 0 Å². The summed E-state index contributed by atoms with van der Waals surface area (Å²) in [4.78, 5) is 5.26. The number of rotatable bonds is 5. The van der Waals surface area contributed by atoms with Gasteiger partial charge in [-0.25, -0.2) is 0 Å². The lowest BCUT2D eigenvalue weighted by Crippen LogP contribution is -2.50. The van der Waals surface area contributed by atoms with Crippen molar-refractivity contribution in [3.05, 3.63) is 0 Å². The van der Waals surface area contributed by atoms with Gasteiger partial charge in [-0.15, -0.1) is 6.42 Å². The van der Waals surface area contributed by atoms with Crippen molar-refractivity contribution in [2.45, 2.75) is 31.7 Å². The fourth-order valence-electron chi connectivity index (χ4n) is 3.02. The van der Waals surface area contributed by atoms with Crippen molar-refractivity contribution in [3.8, 4) is 12.3 Å². The van der Waals surface area contributed by atoms with E-state index in [0.29, 0.717) is 6.54 Å². The summed E-state index contributed by atoms with van der Waals surface area (Å²) in [7, 11) is 0. The molecule has 1 saturated heterocycles. The molecule has 0 aromatic rings. The van der Waals surface area contributed by atoms with Crippen LogP contribution in [0.2, 0.25) is 0 Å². The van der Waals surface area contributed by atoms with Crippen LogP contribution in [-0.2, 0) is 0 Å². The molecule has 1 saturated carbocycles. The Morgan fingerprint density at radius 3 is 2.47 bits per heavy atom. The maximum absolute atomic E-state index is 5.20. The molecule has 0 spiro atoms. The Morgan fingerprint density at radius 2 is 1.82 bits per heavy atom. The molecule has 0 aromatic carbocycles. The summed E-state index contributed by atoms with van der Waals surface area (Å²) in [5.41, 5.74) is 0. The highest BCUT2D eigenvalue weighted by atomic mass is 15.3. The first-order valence-electron chi connectivity index (χ1n) is 7.01. The summed E-state index contributed by atoms with van der Waals surface area (Å²) in [6, 6.07) is 0.900. The van der Waals surface area contributed by atoms with Gasteiger partial charge in [-0.1, -0.05) is 18.8 Å². The maximum Gasteiger partial charge on any atom is 0.0574 e. The van der Waals surface area contributed by atoms with Gasteiger partial charge >= 0.3 is 0 Å². The summed E-state index contributed by atoms with van der Waals surface area (Å²) >= 11 is 0. The van der Waals surface area contributed by atoms with Crippen LogP contribution < -0.4 is 5.32 Å². The third-order valence-electron chi connectivity index (χ3n) is 4.08. The van der Waals surface area contributed by atoms with E-state index in [9.17, 15) is 0 Å². The lowest BCUT2D eigenvalue weighted by Gasteiger charge is -2.38. The van der Waals surface area contributed by atoms with Crippen LogP contribution >= 0.6 is 0 Å². The van der Waals surface area contributed by atoms with Crippen molar-refractivity contribution in [1.29, 1.82) is 0 Å². The normalized spacial score (nSPS) is 23.9. The Hall–Kier alpha value is -0.560. The van der Waals surface area contributed by atoms with Gasteiger partial charge in [0.25, 0.3) is 0 Å². The van der Waals surface area contributed by atoms with Gasteiger partial charge in [0, 0.05) is 45.3 Å². The van der Waals surface area contributed by atoms with E-state index in [0.717, 1.165) is 19.1 Å². The lowest BCUT2D eigenvalue weighted by atomic mass is 10.2. The van der Waals surface area contributed by atoms with Gasteiger partial charge in [0.05, 0.1) is 6.54 Å². The third-order valence-corrected chi connectivity index (χ3v) is 4.08. The maximum atomic E-state index is 5.20. The zero-order chi connectivity index (χ0) is 11.9. The first-order valence-corrected chi connectivity index (χ1v) is 7.01. The van der Waals surface area contributed by atoms with Crippen LogP contribution in [0.5, 0.6) is 0 Å². The van der Waals surface area contributed by atoms with Gasteiger partial charge in [-0.05, 0) is 12.8 Å². The van der Waals surface area contributed by atoms with Crippen molar-refractivity contribution in [2.24, 2.45) is 0 Å². The molecule has 2 aliphatic rings. The van der Waals surface area contributed by atoms with Gasteiger partial charge in [-0.2, -0.15) is 0 Å². The minimum absolute atomic E-state index is 0.696. The average molecular weight is 235 g/mol. The molecule has 0 amide bonds. The van der Waals surface area contributed by atoms with E-state index in [2.05, 4.69) is 21.0 Å². The van der Waals surface area contributed by atoms with Crippen LogP contribution in [-0.4, -0.2) is 61.7 Å². The highest BCUT2D eigenvalue weighted by Gasteiger charge is 2.25. The third kappa shape index (κ3) is 3.99. The molecule has 1 heterocycles. The molecule has 0 aromatic heterocycles. The first kappa shape index (κ1) is 12.9. The molecule has 0 radical (unpaired) electrons. The summed E-state index contributed by atoms with van der Waals surface area (Å²) in [6.45, 7) is 7.85. The number of nitrogens with one attached hydrogen (secondary N) is 1. The van der Waals surface area contributed by atoms with Gasteiger partial charge < -0.3 is 5.32 Å². The molecule has 2 rings (SSSR count). The van der Waals surface area contributed by atoms with Crippen LogP contribution in [0.25, 0.3) is 0 Å². The fraction of sp³-hybridized carbons (Fsp3) is 0.857. The van der Waals surface area contributed by atoms with Crippen LogP contribution in [0, 0.1) is 12.3 Å². The van der Waals surface area contributed by atoms with Crippen LogP contribution in [0.3, 0.4) is 0 Å². The summed E-state index contributed by atoms with van der Waals surface area (Å²) in [5, 5.41) is 3.26. The smallest absolute Gasteiger partial charge is 0.0574 e. The Bertz CT molecular complexity index is 245. The molecular weight excluding hydrogens is 210 g/mol. The minimum Gasteiger partial charge on any atom is -0.305 e. The zero-order valence-corrected chi connectivity index (χ0v) is 10.8. The zero-order valence-electron chi connectivity index (χ0n) is 10.8. The molecule has 1 aliphatic carbocycles. The second-order valence-electron chi connectivity index (χ2n) is 5.20. The molecule has 0 bridgehead atoms. The fourth-order valence-corrected chi connectivity index (χ4v) is 3.02. The molecule has 3 nitrogen and oxygen atoms in total. The topological polar surface area (TPSA) is 18.5 Å². The van der Waals surface area contributed by atoms with Crippen molar-refractivity contribution < 1.29 is 0 Å². The van der Waals surface area contributed by atoms with Crippen LogP contribution in [0.15, 0.2) is 0 Å². The van der Waals surface area contributed by atoms with E-state index in [1.54, 1.807) is 0 Å². The number of nitrogens with zero attached hydrogens (tertiary/aromatic N) is 2. The Kier molecular flexibility index (Phi) is 5.31.